The van der Waals surface area contributed by atoms with Gasteiger partial charge in [0, 0.05) is 24.5 Å². The van der Waals surface area contributed by atoms with Crippen LogP contribution in [0, 0.1) is 0 Å². The van der Waals surface area contributed by atoms with E-state index in [1.807, 2.05) is 31.3 Å². The molecule has 1 heterocycles. The summed E-state index contributed by atoms with van der Waals surface area (Å²) in [6.45, 7) is 4.77. The van der Waals surface area contributed by atoms with E-state index in [0.29, 0.717) is 6.54 Å². The van der Waals surface area contributed by atoms with Crippen molar-refractivity contribution >= 4 is 16.7 Å². The van der Waals surface area contributed by atoms with Crippen LogP contribution in [0.5, 0.6) is 0 Å². The average Bonchev–Trinajstić information content (AvgIpc) is 2.37. The van der Waals surface area contributed by atoms with Crippen molar-refractivity contribution in [2.45, 2.75) is 19.4 Å². The van der Waals surface area contributed by atoms with Crippen LogP contribution in [-0.4, -0.2) is 29.1 Å². The number of fused-ring (bicyclic) bond motifs is 1. The summed E-state index contributed by atoms with van der Waals surface area (Å²) >= 11 is 0. The highest BCUT2D eigenvalue weighted by Gasteiger charge is 2.24. The van der Waals surface area contributed by atoms with Gasteiger partial charge in [-0.15, -0.1) is 0 Å². The normalized spacial score (nSPS) is 11.8. The van der Waals surface area contributed by atoms with E-state index in [9.17, 15) is 0 Å². The number of likely N-dealkylation sites (N-methyl/N-ethyl adjacent to an activating group) is 1. The van der Waals surface area contributed by atoms with Gasteiger partial charge in [0.25, 0.3) is 0 Å². The van der Waals surface area contributed by atoms with Crippen LogP contribution in [0.25, 0.3) is 10.9 Å². The summed E-state index contributed by atoms with van der Waals surface area (Å²) in [5.41, 5.74) is 6.63. The van der Waals surface area contributed by atoms with Crippen molar-refractivity contribution in [3.63, 3.8) is 0 Å². The van der Waals surface area contributed by atoms with E-state index < -0.39 is 0 Å². The standard InChI is InChI=1S/C13H18N4/c1-13(2,8-14)17(3)12-10-6-4-5-7-11(10)15-9-16-12/h4-7,9H,8,14H2,1-3H3. The van der Waals surface area contributed by atoms with Crippen molar-refractivity contribution in [2.24, 2.45) is 5.73 Å². The monoisotopic (exact) mass is 230 g/mol. The summed E-state index contributed by atoms with van der Waals surface area (Å²) < 4.78 is 0. The maximum Gasteiger partial charge on any atom is 0.140 e. The van der Waals surface area contributed by atoms with E-state index in [-0.39, 0.29) is 5.54 Å². The lowest BCUT2D eigenvalue weighted by Gasteiger charge is -2.35. The molecule has 0 aliphatic rings. The Labute approximate surface area is 101 Å². The number of hydrogen-bond acceptors (Lipinski definition) is 4. The van der Waals surface area contributed by atoms with Gasteiger partial charge in [-0.05, 0) is 26.0 Å². The van der Waals surface area contributed by atoms with Crippen LogP contribution in [0.4, 0.5) is 5.82 Å². The van der Waals surface area contributed by atoms with Crippen molar-refractivity contribution < 1.29 is 0 Å². The molecule has 0 bridgehead atoms. The summed E-state index contributed by atoms with van der Waals surface area (Å²) in [6.07, 6.45) is 1.60. The smallest absolute Gasteiger partial charge is 0.140 e. The Morgan fingerprint density at radius 2 is 1.94 bits per heavy atom. The zero-order valence-electron chi connectivity index (χ0n) is 10.5. The molecule has 17 heavy (non-hydrogen) atoms. The van der Waals surface area contributed by atoms with Crippen LogP contribution in [0.2, 0.25) is 0 Å². The molecule has 0 aliphatic carbocycles. The number of anilines is 1. The molecule has 0 saturated carbocycles. The molecule has 0 saturated heterocycles. The Morgan fingerprint density at radius 1 is 1.24 bits per heavy atom. The second-order valence-electron chi connectivity index (χ2n) is 4.79. The highest BCUT2D eigenvalue weighted by Crippen LogP contribution is 2.26. The minimum Gasteiger partial charge on any atom is -0.353 e. The van der Waals surface area contributed by atoms with Crippen LogP contribution in [0.15, 0.2) is 30.6 Å². The number of para-hydroxylation sites is 1. The maximum atomic E-state index is 5.80. The Hall–Kier alpha value is -1.68. The molecule has 90 valence electrons. The summed E-state index contributed by atoms with van der Waals surface area (Å²) in [5.74, 6) is 0.922. The Kier molecular flexibility index (Phi) is 2.98. The fourth-order valence-corrected chi connectivity index (χ4v) is 1.68. The van der Waals surface area contributed by atoms with Crippen LogP contribution in [0.3, 0.4) is 0 Å². The highest BCUT2D eigenvalue weighted by atomic mass is 15.2. The van der Waals surface area contributed by atoms with E-state index >= 15 is 0 Å². The second kappa shape index (κ2) is 4.30. The van der Waals surface area contributed by atoms with Gasteiger partial charge < -0.3 is 10.6 Å². The first-order valence-corrected chi connectivity index (χ1v) is 5.70. The van der Waals surface area contributed by atoms with Gasteiger partial charge in [-0.25, -0.2) is 9.97 Å². The van der Waals surface area contributed by atoms with E-state index in [4.69, 9.17) is 5.73 Å². The van der Waals surface area contributed by atoms with Gasteiger partial charge in [-0.2, -0.15) is 0 Å². The minimum atomic E-state index is -0.128. The van der Waals surface area contributed by atoms with Crippen molar-refractivity contribution in [1.29, 1.82) is 0 Å². The molecule has 0 unspecified atom stereocenters. The van der Waals surface area contributed by atoms with Crippen molar-refractivity contribution in [2.75, 3.05) is 18.5 Å². The third-order valence-electron chi connectivity index (χ3n) is 3.25. The molecule has 2 rings (SSSR count). The molecule has 0 spiro atoms. The van der Waals surface area contributed by atoms with E-state index in [0.717, 1.165) is 16.7 Å². The Morgan fingerprint density at radius 3 is 2.65 bits per heavy atom. The van der Waals surface area contributed by atoms with E-state index in [2.05, 4.69) is 28.7 Å². The molecule has 4 nitrogen and oxygen atoms in total. The van der Waals surface area contributed by atoms with Crippen LogP contribution >= 0.6 is 0 Å². The second-order valence-corrected chi connectivity index (χ2v) is 4.79. The number of aromatic nitrogens is 2. The fraction of sp³-hybridized carbons (Fsp3) is 0.385. The Balaban J connectivity index is 2.56. The first-order valence-electron chi connectivity index (χ1n) is 5.70. The van der Waals surface area contributed by atoms with Crippen molar-refractivity contribution in [1.82, 2.24) is 9.97 Å². The zero-order chi connectivity index (χ0) is 12.5. The molecular weight excluding hydrogens is 212 g/mol. The molecule has 0 radical (unpaired) electrons. The molecule has 2 N–H and O–H groups in total. The molecule has 2 aromatic rings. The first kappa shape index (κ1) is 11.8. The number of nitrogens with two attached hydrogens (primary N) is 1. The van der Waals surface area contributed by atoms with Gasteiger partial charge in [-0.3, -0.25) is 0 Å². The van der Waals surface area contributed by atoms with Crippen LogP contribution < -0.4 is 10.6 Å². The predicted octanol–water partition coefficient (Wildman–Crippen LogP) is 1.80. The number of benzene rings is 1. The quantitative estimate of drug-likeness (QED) is 0.873. The minimum absolute atomic E-state index is 0.128. The van der Waals surface area contributed by atoms with Crippen LogP contribution in [0.1, 0.15) is 13.8 Å². The van der Waals surface area contributed by atoms with Gasteiger partial charge in [0.2, 0.25) is 0 Å². The zero-order valence-corrected chi connectivity index (χ0v) is 10.5. The average molecular weight is 230 g/mol. The third-order valence-corrected chi connectivity index (χ3v) is 3.25. The topological polar surface area (TPSA) is 55.0 Å². The van der Waals surface area contributed by atoms with Gasteiger partial charge in [0.15, 0.2) is 0 Å². The van der Waals surface area contributed by atoms with Gasteiger partial charge in [0.05, 0.1) is 5.52 Å². The number of nitrogens with zero attached hydrogens (tertiary/aromatic N) is 3. The SMILES string of the molecule is CN(c1ncnc2ccccc12)C(C)(C)CN. The fourth-order valence-electron chi connectivity index (χ4n) is 1.68. The molecular formula is C13H18N4. The molecule has 1 aromatic carbocycles. The first-order chi connectivity index (χ1) is 8.06. The van der Waals surface area contributed by atoms with Crippen molar-refractivity contribution in [3.05, 3.63) is 30.6 Å². The summed E-state index contributed by atoms with van der Waals surface area (Å²) in [7, 11) is 2.02. The largest absolute Gasteiger partial charge is 0.353 e. The number of hydrogen-bond donors (Lipinski definition) is 1. The molecule has 0 atom stereocenters. The molecule has 4 heteroatoms. The van der Waals surface area contributed by atoms with Gasteiger partial charge in [-0.1, -0.05) is 12.1 Å². The number of rotatable bonds is 3. The van der Waals surface area contributed by atoms with E-state index in [1.165, 1.54) is 0 Å². The van der Waals surface area contributed by atoms with Crippen molar-refractivity contribution in [3.8, 4) is 0 Å². The summed E-state index contributed by atoms with van der Waals surface area (Å²) in [5, 5.41) is 1.05. The maximum absolute atomic E-state index is 5.80. The third kappa shape index (κ3) is 2.08. The van der Waals surface area contributed by atoms with Gasteiger partial charge >= 0.3 is 0 Å². The predicted molar refractivity (Wildman–Crippen MR) is 71.1 cm³/mol. The molecule has 0 fully saturated rings. The summed E-state index contributed by atoms with van der Waals surface area (Å²) in [6, 6.07) is 8.00. The van der Waals surface area contributed by atoms with Gasteiger partial charge in [0.1, 0.15) is 12.1 Å². The molecule has 0 aliphatic heterocycles. The highest BCUT2D eigenvalue weighted by molar-refractivity contribution is 5.89. The van der Waals surface area contributed by atoms with Crippen LogP contribution in [-0.2, 0) is 0 Å². The molecule has 0 amide bonds. The lowest BCUT2D eigenvalue weighted by atomic mass is 10.0. The summed E-state index contributed by atoms with van der Waals surface area (Å²) in [4.78, 5) is 10.8. The lowest BCUT2D eigenvalue weighted by molar-refractivity contribution is 0.496. The lowest BCUT2D eigenvalue weighted by Crippen LogP contribution is -2.47. The molecule has 1 aromatic heterocycles. The Bertz CT molecular complexity index is 516. The van der Waals surface area contributed by atoms with E-state index in [1.54, 1.807) is 6.33 Å².